The molecule has 0 bridgehead atoms. The zero-order valence-electron chi connectivity index (χ0n) is 11.2. The lowest BCUT2D eigenvalue weighted by Crippen LogP contribution is -1.94. The predicted octanol–water partition coefficient (Wildman–Crippen LogP) is 4.59. The lowest BCUT2D eigenvalue weighted by molar-refractivity contribution is 0.0686. The van der Waals surface area contributed by atoms with Gasteiger partial charge in [-0.1, -0.05) is 21.1 Å². The summed E-state index contributed by atoms with van der Waals surface area (Å²) in [4.78, 5) is 10.8. The minimum atomic E-state index is -1.12. The minimum absolute atomic E-state index is 0.120. The number of halogens is 1. The first-order chi connectivity index (χ1) is 10.6. The fourth-order valence-corrected chi connectivity index (χ4v) is 2.10. The van der Waals surface area contributed by atoms with Crippen LogP contribution in [0.25, 0.3) is 11.3 Å². The molecule has 1 N–H and O–H groups in total. The molecule has 3 aromatic rings. The average Bonchev–Trinajstić information content (AvgIpc) is 3.00. The van der Waals surface area contributed by atoms with Gasteiger partial charge < -0.3 is 14.4 Å². The molecule has 2 aromatic carbocycles. The maximum atomic E-state index is 10.8. The van der Waals surface area contributed by atoms with Crippen LogP contribution in [0.1, 0.15) is 10.5 Å². The SMILES string of the molecule is O=C(O)c1cc(-c2ccc(Oc3ccc(Br)cc3)cc2)on1. The molecule has 0 aliphatic heterocycles. The molecule has 0 amide bonds. The Bertz CT molecular complexity index is 794. The van der Waals surface area contributed by atoms with Crippen molar-refractivity contribution < 1.29 is 19.2 Å². The molecule has 1 aromatic heterocycles. The van der Waals surface area contributed by atoms with Crippen LogP contribution in [0, 0.1) is 0 Å². The highest BCUT2D eigenvalue weighted by molar-refractivity contribution is 9.10. The summed E-state index contributed by atoms with van der Waals surface area (Å²) in [6, 6.07) is 16.0. The smallest absolute Gasteiger partial charge is 0.358 e. The normalized spacial score (nSPS) is 10.4. The van der Waals surface area contributed by atoms with E-state index in [1.807, 2.05) is 24.3 Å². The largest absolute Gasteiger partial charge is 0.476 e. The molecular formula is C16H10BrNO4. The standard InChI is InChI=1S/C16H10BrNO4/c17-11-3-7-13(8-4-11)21-12-5-1-10(2-6-12)15-9-14(16(19)20)18-22-15/h1-9H,(H,19,20). The van der Waals surface area contributed by atoms with Crippen LogP contribution < -0.4 is 4.74 Å². The highest BCUT2D eigenvalue weighted by atomic mass is 79.9. The van der Waals surface area contributed by atoms with E-state index < -0.39 is 5.97 Å². The summed E-state index contributed by atoms with van der Waals surface area (Å²) in [6.45, 7) is 0. The van der Waals surface area contributed by atoms with Crippen molar-refractivity contribution in [3.05, 3.63) is 64.8 Å². The molecule has 1 heterocycles. The van der Waals surface area contributed by atoms with Crippen LogP contribution in [0.5, 0.6) is 11.5 Å². The number of carboxylic acid groups (broad SMARTS) is 1. The van der Waals surface area contributed by atoms with Crippen molar-refractivity contribution in [3.63, 3.8) is 0 Å². The van der Waals surface area contributed by atoms with Crippen molar-refractivity contribution in [2.45, 2.75) is 0 Å². The van der Waals surface area contributed by atoms with Gasteiger partial charge >= 0.3 is 5.97 Å². The van der Waals surface area contributed by atoms with E-state index in [2.05, 4.69) is 21.1 Å². The Kier molecular flexibility index (Phi) is 3.93. The van der Waals surface area contributed by atoms with Gasteiger partial charge in [0.2, 0.25) is 0 Å². The fourth-order valence-electron chi connectivity index (χ4n) is 1.84. The van der Waals surface area contributed by atoms with Gasteiger partial charge in [0.05, 0.1) is 0 Å². The zero-order valence-corrected chi connectivity index (χ0v) is 12.8. The van der Waals surface area contributed by atoms with Crippen LogP contribution in [0.4, 0.5) is 0 Å². The van der Waals surface area contributed by atoms with E-state index in [1.165, 1.54) is 6.07 Å². The first-order valence-electron chi connectivity index (χ1n) is 6.36. The molecule has 3 rings (SSSR count). The van der Waals surface area contributed by atoms with Gasteiger partial charge in [-0.2, -0.15) is 0 Å². The monoisotopic (exact) mass is 359 g/mol. The van der Waals surface area contributed by atoms with E-state index in [1.54, 1.807) is 24.3 Å². The van der Waals surface area contributed by atoms with E-state index in [-0.39, 0.29) is 5.69 Å². The highest BCUT2D eigenvalue weighted by Crippen LogP contribution is 2.27. The van der Waals surface area contributed by atoms with Gasteiger partial charge in [-0.15, -0.1) is 0 Å². The van der Waals surface area contributed by atoms with Gasteiger partial charge in [-0.3, -0.25) is 0 Å². The highest BCUT2D eigenvalue weighted by Gasteiger charge is 2.12. The van der Waals surface area contributed by atoms with Gasteiger partial charge in [0.1, 0.15) is 11.5 Å². The number of nitrogens with zero attached hydrogens (tertiary/aromatic N) is 1. The molecule has 0 fully saturated rings. The molecule has 22 heavy (non-hydrogen) atoms. The summed E-state index contributed by atoms with van der Waals surface area (Å²) in [7, 11) is 0. The molecule has 0 atom stereocenters. The van der Waals surface area contributed by atoms with Crippen LogP contribution in [-0.2, 0) is 0 Å². The lowest BCUT2D eigenvalue weighted by atomic mass is 10.1. The number of rotatable bonds is 4. The Morgan fingerprint density at radius 1 is 1.05 bits per heavy atom. The van der Waals surface area contributed by atoms with Crippen molar-refractivity contribution in [2.75, 3.05) is 0 Å². The van der Waals surface area contributed by atoms with Gasteiger partial charge in [0, 0.05) is 16.1 Å². The number of hydrogen-bond acceptors (Lipinski definition) is 4. The van der Waals surface area contributed by atoms with E-state index in [9.17, 15) is 4.79 Å². The summed E-state index contributed by atoms with van der Waals surface area (Å²) in [5.41, 5.74) is 0.605. The Hall–Kier alpha value is -2.60. The van der Waals surface area contributed by atoms with Crippen molar-refractivity contribution in [1.29, 1.82) is 0 Å². The third kappa shape index (κ3) is 3.17. The van der Waals surface area contributed by atoms with E-state index in [0.717, 1.165) is 15.8 Å². The quantitative estimate of drug-likeness (QED) is 0.737. The third-order valence-corrected chi connectivity index (χ3v) is 3.45. The molecule has 0 spiro atoms. The number of aromatic nitrogens is 1. The number of hydrogen-bond donors (Lipinski definition) is 1. The maximum Gasteiger partial charge on any atom is 0.358 e. The Morgan fingerprint density at radius 2 is 1.64 bits per heavy atom. The van der Waals surface area contributed by atoms with E-state index in [0.29, 0.717) is 11.5 Å². The molecule has 0 saturated heterocycles. The van der Waals surface area contributed by atoms with Gasteiger partial charge in [0.15, 0.2) is 11.5 Å². The first kappa shape index (κ1) is 14.3. The van der Waals surface area contributed by atoms with Crippen LogP contribution in [0.2, 0.25) is 0 Å². The molecular weight excluding hydrogens is 350 g/mol. The maximum absolute atomic E-state index is 10.8. The summed E-state index contributed by atoms with van der Waals surface area (Å²) >= 11 is 3.36. The number of benzene rings is 2. The molecule has 0 unspecified atom stereocenters. The Morgan fingerprint density at radius 3 is 2.18 bits per heavy atom. The molecule has 6 heteroatoms. The molecule has 0 aliphatic rings. The molecule has 0 saturated carbocycles. The lowest BCUT2D eigenvalue weighted by Gasteiger charge is -2.06. The Balaban J connectivity index is 1.77. The average molecular weight is 360 g/mol. The van der Waals surface area contributed by atoms with E-state index >= 15 is 0 Å². The zero-order chi connectivity index (χ0) is 15.5. The van der Waals surface area contributed by atoms with Crippen molar-refractivity contribution >= 4 is 21.9 Å². The van der Waals surface area contributed by atoms with Gasteiger partial charge in [-0.05, 0) is 48.5 Å². The minimum Gasteiger partial charge on any atom is -0.476 e. The second-order valence-corrected chi connectivity index (χ2v) is 5.38. The van der Waals surface area contributed by atoms with Crippen molar-refractivity contribution in [2.24, 2.45) is 0 Å². The third-order valence-electron chi connectivity index (χ3n) is 2.92. The van der Waals surface area contributed by atoms with Crippen LogP contribution in [-0.4, -0.2) is 16.2 Å². The predicted molar refractivity (Wildman–Crippen MR) is 83.1 cm³/mol. The number of ether oxygens (including phenoxy) is 1. The van der Waals surface area contributed by atoms with Crippen LogP contribution >= 0.6 is 15.9 Å². The summed E-state index contributed by atoms with van der Waals surface area (Å²) in [5, 5.41) is 12.3. The number of aromatic carboxylic acids is 1. The summed E-state index contributed by atoms with van der Waals surface area (Å²) in [6.07, 6.45) is 0. The van der Waals surface area contributed by atoms with Gasteiger partial charge in [-0.25, -0.2) is 4.79 Å². The van der Waals surface area contributed by atoms with E-state index in [4.69, 9.17) is 14.4 Å². The first-order valence-corrected chi connectivity index (χ1v) is 7.15. The molecule has 5 nitrogen and oxygen atoms in total. The molecule has 0 radical (unpaired) electrons. The van der Waals surface area contributed by atoms with Gasteiger partial charge in [0.25, 0.3) is 0 Å². The van der Waals surface area contributed by atoms with Crippen molar-refractivity contribution in [1.82, 2.24) is 5.16 Å². The fraction of sp³-hybridized carbons (Fsp3) is 0. The van der Waals surface area contributed by atoms with Crippen LogP contribution in [0.15, 0.2) is 63.6 Å². The number of carbonyl (C=O) groups is 1. The molecule has 0 aliphatic carbocycles. The summed E-state index contributed by atoms with van der Waals surface area (Å²) in [5.74, 6) is 0.672. The van der Waals surface area contributed by atoms with Crippen molar-refractivity contribution in [3.8, 4) is 22.8 Å². The topological polar surface area (TPSA) is 72.6 Å². The molecule has 110 valence electrons. The Labute approximate surface area is 134 Å². The second-order valence-electron chi connectivity index (χ2n) is 4.46. The summed E-state index contributed by atoms with van der Waals surface area (Å²) < 4.78 is 11.7. The van der Waals surface area contributed by atoms with Crippen LogP contribution in [0.3, 0.4) is 0 Å². The number of carboxylic acids is 1. The second kappa shape index (κ2) is 6.03.